The third-order valence-corrected chi connectivity index (χ3v) is 3.77. The van der Waals surface area contributed by atoms with Crippen molar-refractivity contribution >= 4 is 5.91 Å². The maximum atomic E-state index is 12.4. The van der Waals surface area contributed by atoms with Crippen LogP contribution in [0.5, 0.6) is 11.5 Å². The molecule has 5 heteroatoms. The van der Waals surface area contributed by atoms with Gasteiger partial charge in [-0.25, -0.2) is 0 Å². The van der Waals surface area contributed by atoms with Crippen molar-refractivity contribution in [2.75, 3.05) is 13.1 Å². The molecule has 1 saturated heterocycles. The maximum Gasteiger partial charge on any atom is 0.225 e. The predicted molar refractivity (Wildman–Crippen MR) is 76.4 cm³/mol. The highest BCUT2D eigenvalue weighted by molar-refractivity contribution is 5.79. The smallest absolute Gasteiger partial charge is 0.225 e. The molecule has 1 aromatic rings. The Labute approximate surface area is 119 Å². The lowest BCUT2D eigenvalue weighted by molar-refractivity contribution is -0.136. The fraction of sp³-hybridized carbons (Fsp3) is 0.533. The van der Waals surface area contributed by atoms with Gasteiger partial charge in [0.2, 0.25) is 5.91 Å². The van der Waals surface area contributed by atoms with E-state index in [4.69, 9.17) is 5.73 Å². The number of hydrogen-bond donors (Lipinski definition) is 3. The van der Waals surface area contributed by atoms with Crippen LogP contribution in [-0.4, -0.2) is 40.2 Å². The molecule has 2 atom stereocenters. The number of likely N-dealkylation sites (tertiary alicyclic amines) is 1. The van der Waals surface area contributed by atoms with Crippen LogP contribution in [0.15, 0.2) is 18.2 Å². The summed E-state index contributed by atoms with van der Waals surface area (Å²) in [4.78, 5) is 14.2. The van der Waals surface area contributed by atoms with Gasteiger partial charge in [-0.2, -0.15) is 0 Å². The van der Waals surface area contributed by atoms with Gasteiger partial charge in [0.05, 0.1) is 0 Å². The van der Waals surface area contributed by atoms with Gasteiger partial charge in [-0.1, -0.05) is 13.0 Å². The Morgan fingerprint density at radius 2 is 2.20 bits per heavy atom. The average Bonchev–Trinajstić information content (AvgIpc) is 2.42. The molecular weight excluding hydrogens is 256 g/mol. The minimum atomic E-state index is -0.163. The molecular formula is C15H22N2O3. The van der Waals surface area contributed by atoms with Crippen molar-refractivity contribution in [3.05, 3.63) is 23.8 Å². The molecule has 0 radical (unpaired) electrons. The number of rotatable bonds is 3. The van der Waals surface area contributed by atoms with Crippen LogP contribution in [0, 0.1) is 5.92 Å². The molecule has 2 rings (SSSR count). The number of phenolic OH excluding ortho intramolecular Hbond substituents is 2. The Bertz CT molecular complexity index is 490. The fourth-order valence-corrected chi connectivity index (χ4v) is 2.66. The van der Waals surface area contributed by atoms with E-state index in [1.807, 2.05) is 11.8 Å². The minimum absolute atomic E-state index is 0.0811. The monoisotopic (exact) mass is 278 g/mol. The summed E-state index contributed by atoms with van der Waals surface area (Å²) < 4.78 is 0. The summed E-state index contributed by atoms with van der Waals surface area (Å²) in [6.07, 6.45) is 2.47. The molecule has 20 heavy (non-hydrogen) atoms. The van der Waals surface area contributed by atoms with Crippen LogP contribution >= 0.6 is 0 Å². The highest BCUT2D eigenvalue weighted by atomic mass is 16.3. The largest absolute Gasteiger partial charge is 0.504 e. The lowest BCUT2D eigenvalue weighted by Gasteiger charge is -2.32. The summed E-state index contributed by atoms with van der Waals surface area (Å²) in [5.41, 5.74) is 6.73. The van der Waals surface area contributed by atoms with E-state index < -0.39 is 0 Å². The number of phenols is 2. The van der Waals surface area contributed by atoms with E-state index in [0.29, 0.717) is 13.0 Å². The lowest BCUT2D eigenvalue weighted by Crippen LogP contribution is -2.47. The number of carbonyl (C=O) groups excluding carboxylic acids is 1. The standard InChI is InChI=1S/C15H22N2O3/c1-10(7-11-4-5-13(18)14(19)8-11)15(20)17-6-2-3-12(16)9-17/h4-5,8,10,12,18-19H,2-3,6-7,9,16H2,1H3. The van der Waals surface area contributed by atoms with Crippen molar-refractivity contribution in [1.29, 1.82) is 0 Å². The first-order valence-corrected chi connectivity index (χ1v) is 7.02. The van der Waals surface area contributed by atoms with E-state index in [1.165, 1.54) is 12.1 Å². The second-order valence-electron chi connectivity index (χ2n) is 5.61. The van der Waals surface area contributed by atoms with Gasteiger partial charge in [0.15, 0.2) is 11.5 Å². The van der Waals surface area contributed by atoms with E-state index in [0.717, 1.165) is 24.9 Å². The minimum Gasteiger partial charge on any atom is -0.504 e. The Morgan fingerprint density at radius 1 is 1.45 bits per heavy atom. The average molecular weight is 278 g/mol. The summed E-state index contributed by atoms with van der Waals surface area (Å²) in [7, 11) is 0. The van der Waals surface area contributed by atoms with Crippen molar-refractivity contribution in [3.63, 3.8) is 0 Å². The predicted octanol–water partition coefficient (Wildman–Crippen LogP) is 1.23. The molecule has 1 amide bonds. The molecule has 0 aliphatic carbocycles. The van der Waals surface area contributed by atoms with Gasteiger partial charge >= 0.3 is 0 Å². The molecule has 0 bridgehead atoms. The van der Waals surface area contributed by atoms with Gasteiger partial charge in [0.25, 0.3) is 0 Å². The van der Waals surface area contributed by atoms with Crippen LogP contribution in [0.25, 0.3) is 0 Å². The number of carbonyl (C=O) groups is 1. The summed E-state index contributed by atoms with van der Waals surface area (Å²) in [5, 5.41) is 18.8. The molecule has 0 saturated carbocycles. The number of amides is 1. The Morgan fingerprint density at radius 3 is 2.85 bits per heavy atom. The molecule has 4 N–H and O–H groups in total. The van der Waals surface area contributed by atoms with Crippen LogP contribution in [0.3, 0.4) is 0 Å². The van der Waals surface area contributed by atoms with Gasteiger partial charge in [0, 0.05) is 25.0 Å². The molecule has 0 spiro atoms. The third-order valence-electron chi connectivity index (χ3n) is 3.77. The highest BCUT2D eigenvalue weighted by Crippen LogP contribution is 2.26. The maximum absolute atomic E-state index is 12.4. The number of aromatic hydroxyl groups is 2. The second kappa shape index (κ2) is 6.13. The van der Waals surface area contributed by atoms with Crippen LogP contribution in [-0.2, 0) is 11.2 Å². The first-order valence-electron chi connectivity index (χ1n) is 7.02. The Hall–Kier alpha value is -1.75. The van der Waals surface area contributed by atoms with Gasteiger partial charge in [-0.15, -0.1) is 0 Å². The molecule has 110 valence electrons. The number of hydrogen-bond acceptors (Lipinski definition) is 4. The molecule has 1 aromatic carbocycles. The molecule has 1 aliphatic heterocycles. The van der Waals surface area contributed by atoms with E-state index in [1.54, 1.807) is 6.07 Å². The van der Waals surface area contributed by atoms with Crippen molar-refractivity contribution in [2.45, 2.75) is 32.2 Å². The zero-order chi connectivity index (χ0) is 14.7. The zero-order valence-electron chi connectivity index (χ0n) is 11.7. The molecule has 0 aromatic heterocycles. The topological polar surface area (TPSA) is 86.8 Å². The highest BCUT2D eigenvalue weighted by Gasteiger charge is 2.25. The summed E-state index contributed by atoms with van der Waals surface area (Å²) in [6.45, 7) is 3.29. The van der Waals surface area contributed by atoms with Gasteiger partial charge in [-0.05, 0) is 37.0 Å². The zero-order valence-corrected chi connectivity index (χ0v) is 11.7. The van der Waals surface area contributed by atoms with Crippen LogP contribution in [0.2, 0.25) is 0 Å². The number of benzene rings is 1. The number of nitrogens with zero attached hydrogens (tertiary/aromatic N) is 1. The van der Waals surface area contributed by atoms with E-state index in [-0.39, 0.29) is 29.4 Å². The third kappa shape index (κ3) is 3.42. The van der Waals surface area contributed by atoms with Crippen LogP contribution in [0.4, 0.5) is 0 Å². The van der Waals surface area contributed by atoms with Gasteiger partial charge in [0.1, 0.15) is 0 Å². The Kier molecular flexibility index (Phi) is 4.49. The van der Waals surface area contributed by atoms with Crippen LogP contribution < -0.4 is 5.73 Å². The summed E-state index contributed by atoms with van der Waals surface area (Å²) in [6, 6.07) is 4.75. The molecule has 1 aliphatic rings. The molecule has 5 nitrogen and oxygen atoms in total. The first-order chi connectivity index (χ1) is 9.47. The second-order valence-corrected chi connectivity index (χ2v) is 5.61. The van der Waals surface area contributed by atoms with Crippen molar-refractivity contribution < 1.29 is 15.0 Å². The van der Waals surface area contributed by atoms with E-state index in [9.17, 15) is 15.0 Å². The van der Waals surface area contributed by atoms with Gasteiger partial charge < -0.3 is 20.8 Å². The summed E-state index contributed by atoms with van der Waals surface area (Å²) in [5.74, 6) is -0.353. The molecule has 1 heterocycles. The van der Waals surface area contributed by atoms with Crippen molar-refractivity contribution in [2.24, 2.45) is 11.7 Å². The normalized spacial score (nSPS) is 20.7. The van der Waals surface area contributed by atoms with Crippen molar-refractivity contribution in [1.82, 2.24) is 4.90 Å². The Balaban J connectivity index is 1.98. The SMILES string of the molecule is CC(Cc1ccc(O)c(O)c1)C(=O)N1CCCC(N)C1. The van der Waals surface area contributed by atoms with E-state index >= 15 is 0 Å². The first kappa shape index (κ1) is 14.7. The van der Waals surface area contributed by atoms with E-state index in [2.05, 4.69) is 0 Å². The number of nitrogens with two attached hydrogens (primary N) is 1. The molecule has 1 fully saturated rings. The van der Waals surface area contributed by atoms with Crippen LogP contribution in [0.1, 0.15) is 25.3 Å². The van der Waals surface area contributed by atoms with Gasteiger partial charge in [-0.3, -0.25) is 4.79 Å². The molecule has 2 unspecified atom stereocenters. The fourth-order valence-electron chi connectivity index (χ4n) is 2.66. The quantitative estimate of drug-likeness (QED) is 0.726. The number of piperidine rings is 1. The summed E-state index contributed by atoms with van der Waals surface area (Å²) >= 11 is 0. The van der Waals surface area contributed by atoms with Crippen molar-refractivity contribution in [3.8, 4) is 11.5 Å². The lowest BCUT2D eigenvalue weighted by atomic mass is 9.97.